The van der Waals surface area contributed by atoms with Gasteiger partial charge in [0.25, 0.3) is 0 Å². The van der Waals surface area contributed by atoms with Gasteiger partial charge in [-0.15, -0.1) is 0 Å². The molecule has 0 radical (unpaired) electrons. The van der Waals surface area contributed by atoms with Crippen molar-refractivity contribution in [2.24, 2.45) is 4.99 Å². The number of rotatable bonds is 8. The highest BCUT2D eigenvalue weighted by molar-refractivity contribution is 8.56. The van der Waals surface area contributed by atoms with Crippen LogP contribution in [0.2, 0.25) is 5.02 Å². The van der Waals surface area contributed by atoms with E-state index in [9.17, 15) is 9.36 Å². The number of aliphatic imine (C=N–C) groups is 1. The number of nitrogens with one attached hydrogen (secondary N) is 1. The predicted molar refractivity (Wildman–Crippen MR) is 122 cm³/mol. The molecule has 0 heterocycles. The van der Waals surface area contributed by atoms with Crippen molar-refractivity contribution in [2.75, 3.05) is 13.6 Å². The van der Waals surface area contributed by atoms with Crippen LogP contribution in [-0.2, 0) is 9.36 Å². The molecular formula is C20H25ClN3O3PS. The van der Waals surface area contributed by atoms with Gasteiger partial charge < -0.3 is 9.42 Å². The van der Waals surface area contributed by atoms with E-state index in [4.69, 9.17) is 16.1 Å². The summed E-state index contributed by atoms with van der Waals surface area (Å²) < 4.78 is 18.9. The Morgan fingerprint density at radius 1 is 1.21 bits per heavy atom. The van der Waals surface area contributed by atoms with E-state index in [1.54, 1.807) is 62.5 Å². The van der Waals surface area contributed by atoms with Gasteiger partial charge in [0.2, 0.25) is 5.91 Å². The van der Waals surface area contributed by atoms with Gasteiger partial charge in [-0.05, 0) is 54.7 Å². The van der Waals surface area contributed by atoms with E-state index in [1.165, 1.54) is 16.3 Å². The number of halogens is 1. The fourth-order valence-corrected chi connectivity index (χ4v) is 6.29. The Morgan fingerprint density at radius 3 is 2.41 bits per heavy atom. The zero-order valence-electron chi connectivity index (χ0n) is 16.8. The van der Waals surface area contributed by atoms with Crippen molar-refractivity contribution in [1.29, 1.82) is 0 Å². The minimum absolute atomic E-state index is 0.0538. The van der Waals surface area contributed by atoms with Gasteiger partial charge in [0, 0.05) is 17.3 Å². The van der Waals surface area contributed by atoms with E-state index in [1.807, 2.05) is 19.9 Å². The topological polar surface area (TPSA) is 71.0 Å². The second-order valence-corrected chi connectivity index (χ2v) is 11.6. The molecule has 1 N–H and O–H groups in total. The van der Waals surface area contributed by atoms with E-state index in [0.29, 0.717) is 22.3 Å². The Bertz CT molecular complexity index is 892. The summed E-state index contributed by atoms with van der Waals surface area (Å²) in [4.78, 5) is 18.4. The lowest BCUT2D eigenvalue weighted by atomic mass is 10.3. The van der Waals surface area contributed by atoms with Gasteiger partial charge in [-0.3, -0.25) is 4.79 Å². The average Bonchev–Trinajstić information content (AvgIpc) is 2.67. The van der Waals surface area contributed by atoms with Crippen LogP contribution in [0.25, 0.3) is 0 Å². The molecule has 2 aromatic carbocycles. The maximum Gasteiger partial charge on any atom is 0.375 e. The van der Waals surface area contributed by atoms with Crippen LogP contribution >= 0.6 is 29.7 Å². The summed E-state index contributed by atoms with van der Waals surface area (Å²) in [6.07, 6.45) is 0. The summed E-state index contributed by atoms with van der Waals surface area (Å²) in [5, 5.41) is 3.49. The SMILES string of the molecule is CC(=Nc1ccc(Cl)cc1)N(C)C(=O)CNP(=O)(Oc1ccccc1)SC(C)C. The maximum absolute atomic E-state index is 13.2. The lowest BCUT2D eigenvalue weighted by Gasteiger charge is -2.23. The first-order valence-electron chi connectivity index (χ1n) is 9.04. The van der Waals surface area contributed by atoms with Crippen LogP contribution < -0.4 is 9.61 Å². The Labute approximate surface area is 180 Å². The summed E-state index contributed by atoms with van der Waals surface area (Å²) in [5.74, 6) is 0.716. The predicted octanol–water partition coefficient (Wildman–Crippen LogP) is 5.77. The Morgan fingerprint density at radius 2 is 1.83 bits per heavy atom. The molecule has 1 amide bonds. The molecule has 1 unspecified atom stereocenters. The molecule has 0 saturated carbocycles. The molecule has 0 aliphatic rings. The van der Waals surface area contributed by atoms with Crippen molar-refractivity contribution in [3.8, 4) is 5.75 Å². The largest absolute Gasteiger partial charge is 0.426 e. The zero-order valence-corrected chi connectivity index (χ0v) is 19.3. The van der Waals surface area contributed by atoms with Crippen molar-refractivity contribution >= 4 is 47.1 Å². The number of amides is 1. The number of para-hydroxylation sites is 1. The molecule has 0 fully saturated rings. The minimum Gasteiger partial charge on any atom is -0.426 e. The van der Waals surface area contributed by atoms with Crippen LogP contribution in [-0.4, -0.2) is 35.5 Å². The zero-order chi connectivity index (χ0) is 21.4. The van der Waals surface area contributed by atoms with Gasteiger partial charge in [0.1, 0.15) is 11.6 Å². The van der Waals surface area contributed by atoms with Gasteiger partial charge in [-0.1, -0.05) is 43.6 Å². The first-order chi connectivity index (χ1) is 13.7. The number of carbonyl (C=O) groups excluding carboxylic acids is 1. The van der Waals surface area contributed by atoms with Crippen molar-refractivity contribution in [1.82, 2.24) is 9.99 Å². The Kier molecular flexibility index (Phi) is 8.78. The highest BCUT2D eigenvalue weighted by atomic mass is 35.5. The highest BCUT2D eigenvalue weighted by Crippen LogP contribution is 2.57. The summed E-state index contributed by atoms with van der Waals surface area (Å²) >= 11 is 7.05. The monoisotopic (exact) mass is 453 g/mol. The second kappa shape index (κ2) is 10.8. The van der Waals surface area contributed by atoms with Gasteiger partial charge >= 0.3 is 6.72 Å². The van der Waals surface area contributed by atoms with Gasteiger partial charge in [-0.2, -0.15) is 0 Å². The van der Waals surface area contributed by atoms with Crippen molar-refractivity contribution < 1.29 is 13.9 Å². The lowest BCUT2D eigenvalue weighted by molar-refractivity contribution is -0.125. The van der Waals surface area contributed by atoms with E-state index in [0.717, 1.165) is 0 Å². The number of benzene rings is 2. The molecule has 0 aromatic heterocycles. The number of carbonyl (C=O) groups is 1. The first-order valence-corrected chi connectivity index (χ1v) is 12.5. The molecule has 0 bridgehead atoms. The molecule has 6 nitrogen and oxygen atoms in total. The molecule has 29 heavy (non-hydrogen) atoms. The molecular weight excluding hydrogens is 429 g/mol. The fourth-order valence-electron chi connectivity index (χ4n) is 2.23. The standard InChI is InChI=1S/C20H25ClN3O3PS/c1-15(2)29-28(26,27-19-8-6-5-7-9-19)22-14-20(25)24(4)16(3)23-18-12-10-17(21)11-13-18/h5-13,15H,14H2,1-4H3,(H,22,26). The van der Waals surface area contributed by atoms with Crippen LogP contribution in [0.15, 0.2) is 59.6 Å². The van der Waals surface area contributed by atoms with Crippen LogP contribution in [0.3, 0.4) is 0 Å². The maximum atomic E-state index is 13.2. The van der Waals surface area contributed by atoms with Crippen molar-refractivity contribution in [3.05, 3.63) is 59.6 Å². The molecule has 2 rings (SSSR count). The number of likely N-dealkylation sites (N-methyl/N-ethyl adjacent to an activating group) is 1. The Balaban J connectivity index is 2.04. The van der Waals surface area contributed by atoms with Crippen molar-refractivity contribution in [3.63, 3.8) is 0 Å². The molecule has 0 saturated heterocycles. The van der Waals surface area contributed by atoms with Gasteiger partial charge in [0.15, 0.2) is 0 Å². The molecule has 1 atom stereocenters. The molecule has 0 aliphatic carbocycles. The third-order valence-electron chi connectivity index (χ3n) is 3.72. The van der Waals surface area contributed by atoms with E-state index in [-0.39, 0.29) is 17.7 Å². The van der Waals surface area contributed by atoms with E-state index >= 15 is 0 Å². The van der Waals surface area contributed by atoms with Gasteiger partial charge in [0.05, 0.1) is 12.2 Å². The summed E-state index contributed by atoms with van der Waals surface area (Å²) in [6, 6.07) is 15.9. The lowest BCUT2D eigenvalue weighted by Crippen LogP contribution is -2.37. The highest BCUT2D eigenvalue weighted by Gasteiger charge is 2.28. The average molecular weight is 454 g/mol. The molecule has 0 spiro atoms. The normalized spacial score (nSPS) is 13.8. The van der Waals surface area contributed by atoms with E-state index < -0.39 is 6.72 Å². The molecule has 9 heteroatoms. The number of hydrogen-bond acceptors (Lipinski definition) is 5. The van der Waals surface area contributed by atoms with Crippen LogP contribution in [0.5, 0.6) is 5.75 Å². The van der Waals surface area contributed by atoms with Crippen LogP contribution in [0.1, 0.15) is 20.8 Å². The quantitative estimate of drug-likeness (QED) is 0.312. The number of nitrogens with zero attached hydrogens (tertiary/aromatic N) is 2. The first kappa shape index (κ1) is 23.5. The van der Waals surface area contributed by atoms with E-state index in [2.05, 4.69) is 10.1 Å². The van der Waals surface area contributed by atoms with Crippen LogP contribution in [0.4, 0.5) is 5.69 Å². The third-order valence-corrected chi connectivity index (χ3v) is 8.38. The summed E-state index contributed by atoms with van der Waals surface area (Å²) in [7, 11) is 1.62. The molecule has 156 valence electrons. The van der Waals surface area contributed by atoms with Crippen LogP contribution in [0, 0.1) is 0 Å². The number of amidine groups is 1. The minimum atomic E-state index is -3.33. The number of hydrogen-bond donors (Lipinski definition) is 1. The van der Waals surface area contributed by atoms with Gasteiger partial charge in [-0.25, -0.2) is 14.6 Å². The second-order valence-electron chi connectivity index (χ2n) is 6.48. The molecule has 0 aliphatic heterocycles. The Hall–Kier alpha value is -1.79. The fraction of sp³-hybridized carbons (Fsp3) is 0.300. The smallest absolute Gasteiger partial charge is 0.375 e. The summed E-state index contributed by atoms with van der Waals surface area (Å²) in [5.41, 5.74) is 0.688. The third kappa shape index (κ3) is 7.86. The van der Waals surface area contributed by atoms with Crippen molar-refractivity contribution in [2.45, 2.75) is 26.0 Å². The molecule has 2 aromatic rings. The summed E-state index contributed by atoms with van der Waals surface area (Å²) in [6.45, 7) is 2.10.